The lowest BCUT2D eigenvalue weighted by atomic mass is 10.0. The molecule has 2 aromatic rings. The van der Waals surface area contributed by atoms with Crippen molar-refractivity contribution in [3.05, 3.63) is 40.7 Å². The molecule has 1 aromatic carbocycles. The Morgan fingerprint density at radius 1 is 1.14 bits per heavy atom. The van der Waals surface area contributed by atoms with E-state index in [1.165, 1.54) is 5.56 Å². The van der Waals surface area contributed by atoms with Crippen molar-refractivity contribution in [3.63, 3.8) is 0 Å². The van der Waals surface area contributed by atoms with Crippen LogP contribution in [0.15, 0.2) is 24.3 Å². The maximum atomic E-state index is 6.01. The van der Waals surface area contributed by atoms with Gasteiger partial charge in [-0.1, -0.05) is 37.6 Å². The van der Waals surface area contributed by atoms with Gasteiger partial charge < -0.3 is 4.74 Å². The molecule has 158 valence electrons. The van der Waals surface area contributed by atoms with Crippen molar-refractivity contribution in [2.24, 2.45) is 5.92 Å². The Balaban J connectivity index is 1.39. The minimum absolute atomic E-state index is 0.226. The summed E-state index contributed by atoms with van der Waals surface area (Å²) in [5.74, 6) is 1.41. The van der Waals surface area contributed by atoms with Gasteiger partial charge in [0, 0.05) is 44.4 Å². The molecule has 0 radical (unpaired) electrons. The van der Waals surface area contributed by atoms with Gasteiger partial charge in [-0.25, -0.2) is 4.68 Å². The fourth-order valence-electron chi connectivity index (χ4n) is 4.47. The van der Waals surface area contributed by atoms with Gasteiger partial charge in [-0.05, 0) is 46.9 Å². The molecule has 0 aliphatic carbocycles. The lowest BCUT2D eigenvalue weighted by Gasteiger charge is -2.40. The number of ether oxygens (including phenoxy) is 1. The molecule has 0 spiro atoms. The highest BCUT2D eigenvalue weighted by molar-refractivity contribution is 6.30. The molecule has 0 N–H and O–H groups in total. The van der Waals surface area contributed by atoms with E-state index in [-0.39, 0.29) is 12.1 Å². The molecule has 0 amide bonds. The van der Waals surface area contributed by atoms with E-state index in [1.54, 1.807) is 0 Å². The molecule has 2 fully saturated rings. The summed E-state index contributed by atoms with van der Waals surface area (Å²) in [6, 6.07) is 8.39. The highest BCUT2D eigenvalue weighted by Gasteiger charge is 2.32. The van der Waals surface area contributed by atoms with Gasteiger partial charge >= 0.3 is 0 Å². The summed E-state index contributed by atoms with van der Waals surface area (Å²) >= 11 is 6.01. The summed E-state index contributed by atoms with van der Waals surface area (Å²) in [5, 5.41) is 13.5. The number of benzene rings is 1. The van der Waals surface area contributed by atoms with E-state index < -0.39 is 0 Å². The van der Waals surface area contributed by atoms with Crippen LogP contribution in [0.4, 0.5) is 0 Å². The molecule has 2 saturated heterocycles. The van der Waals surface area contributed by atoms with Crippen LogP contribution in [0, 0.1) is 5.92 Å². The van der Waals surface area contributed by atoms with Crippen molar-refractivity contribution in [1.29, 1.82) is 0 Å². The Morgan fingerprint density at radius 2 is 1.90 bits per heavy atom. The number of hydrogen-bond donors (Lipinski definition) is 0. The molecule has 3 heterocycles. The van der Waals surface area contributed by atoms with Crippen LogP contribution in [0.1, 0.15) is 44.1 Å². The third-order valence-electron chi connectivity index (χ3n) is 5.98. The third kappa shape index (κ3) is 5.15. The van der Waals surface area contributed by atoms with Crippen molar-refractivity contribution in [1.82, 2.24) is 30.0 Å². The van der Waals surface area contributed by atoms with Crippen molar-refractivity contribution >= 4 is 11.6 Å². The summed E-state index contributed by atoms with van der Waals surface area (Å²) in [6.45, 7) is 11.2. The maximum Gasteiger partial charge on any atom is 0.168 e. The maximum absolute atomic E-state index is 6.01. The Kier molecular flexibility index (Phi) is 6.80. The molecule has 2 unspecified atom stereocenters. The van der Waals surface area contributed by atoms with Crippen LogP contribution in [-0.2, 0) is 17.8 Å². The molecule has 4 rings (SSSR count). The quantitative estimate of drug-likeness (QED) is 0.688. The summed E-state index contributed by atoms with van der Waals surface area (Å²) in [4.78, 5) is 5.05. The molecule has 2 aliphatic rings. The Labute approximate surface area is 178 Å². The fourth-order valence-corrected chi connectivity index (χ4v) is 4.59. The number of hydrogen-bond acceptors (Lipinski definition) is 6. The van der Waals surface area contributed by atoms with Crippen molar-refractivity contribution in [3.8, 4) is 0 Å². The highest BCUT2D eigenvalue weighted by Crippen LogP contribution is 2.29. The van der Waals surface area contributed by atoms with Gasteiger partial charge in [0.25, 0.3) is 0 Å². The van der Waals surface area contributed by atoms with Crippen LogP contribution in [0.3, 0.4) is 0 Å². The molecule has 2 aliphatic heterocycles. The van der Waals surface area contributed by atoms with Gasteiger partial charge in [-0.3, -0.25) is 9.80 Å². The first-order chi connectivity index (χ1) is 14.1. The highest BCUT2D eigenvalue weighted by atomic mass is 35.5. The van der Waals surface area contributed by atoms with E-state index in [4.69, 9.17) is 16.3 Å². The largest absolute Gasteiger partial charge is 0.376 e. The summed E-state index contributed by atoms with van der Waals surface area (Å²) in [5.41, 5.74) is 1.31. The van der Waals surface area contributed by atoms with Crippen LogP contribution >= 0.6 is 11.6 Å². The molecule has 2 atom stereocenters. The second-order valence-electron chi connectivity index (χ2n) is 8.48. The predicted molar refractivity (Wildman–Crippen MR) is 113 cm³/mol. The van der Waals surface area contributed by atoms with E-state index in [2.05, 4.69) is 51.3 Å². The fraction of sp³-hybridized carbons (Fsp3) is 0.667. The molecule has 0 bridgehead atoms. The topological polar surface area (TPSA) is 59.3 Å². The summed E-state index contributed by atoms with van der Waals surface area (Å²) in [7, 11) is 0. The van der Waals surface area contributed by atoms with E-state index in [0.29, 0.717) is 5.92 Å². The first-order valence-corrected chi connectivity index (χ1v) is 11.1. The standard InChI is InChI=1S/C21H31ClN6O/c1-16(2)20(21-23-24-25-28(21)15-19-4-3-13-29-19)27-11-9-26(10-12-27)14-17-5-7-18(22)8-6-17/h5-8,16,19-20H,3-4,9-15H2,1-2H3. The van der Waals surface area contributed by atoms with E-state index in [9.17, 15) is 0 Å². The average Bonchev–Trinajstić information content (AvgIpc) is 3.38. The van der Waals surface area contributed by atoms with Crippen LogP contribution < -0.4 is 0 Å². The second-order valence-corrected chi connectivity index (χ2v) is 8.92. The molecule has 29 heavy (non-hydrogen) atoms. The zero-order valence-electron chi connectivity index (χ0n) is 17.4. The average molecular weight is 419 g/mol. The Hall–Kier alpha value is -1.54. The molecule has 0 saturated carbocycles. The summed E-state index contributed by atoms with van der Waals surface area (Å²) < 4.78 is 7.77. The van der Waals surface area contributed by atoms with Gasteiger partial charge in [-0.15, -0.1) is 5.10 Å². The number of rotatable bonds is 7. The van der Waals surface area contributed by atoms with Gasteiger partial charge in [0.1, 0.15) is 0 Å². The van der Waals surface area contributed by atoms with Gasteiger partial charge in [-0.2, -0.15) is 0 Å². The number of halogens is 1. The molecule has 7 nitrogen and oxygen atoms in total. The van der Waals surface area contributed by atoms with Crippen molar-refractivity contribution in [2.45, 2.75) is 51.9 Å². The van der Waals surface area contributed by atoms with Gasteiger partial charge in [0.15, 0.2) is 5.82 Å². The molecule has 8 heteroatoms. The smallest absolute Gasteiger partial charge is 0.168 e. The number of tetrazole rings is 1. The minimum Gasteiger partial charge on any atom is -0.376 e. The van der Waals surface area contributed by atoms with Crippen molar-refractivity contribution < 1.29 is 4.74 Å². The van der Waals surface area contributed by atoms with E-state index >= 15 is 0 Å². The van der Waals surface area contributed by atoms with E-state index in [1.807, 2.05) is 16.8 Å². The zero-order chi connectivity index (χ0) is 20.2. The third-order valence-corrected chi connectivity index (χ3v) is 6.23. The lowest BCUT2D eigenvalue weighted by molar-refractivity contribution is 0.0607. The van der Waals surface area contributed by atoms with E-state index in [0.717, 1.165) is 69.6 Å². The van der Waals surface area contributed by atoms with Crippen LogP contribution in [0.5, 0.6) is 0 Å². The monoisotopic (exact) mass is 418 g/mol. The number of aromatic nitrogens is 4. The zero-order valence-corrected chi connectivity index (χ0v) is 18.1. The van der Waals surface area contributed by atoms with Gasteiger partial charge in [0.2, 0.25) is 0 Å². The van der Waals surface area contributed by atoms with Crippen LogP contribution in [0.25, 0.3) is 0 Å². The second kappa shape index (κ2) is 9.51. The number of piperazine rings is 1. The normalized spacial score (nSPS) is 22.4. The Bertz CT molecular complexity index is 766. The van der Waals surface area contributed by atoms with Gasteiger partial charge in [0.05, 0.1) is 18.7 Å². The summed E-state index contributed by atoms with van der Waals surface area (Å²) in [6.07, 6.45) is 2.46. The SMILES string of the molecule is CC(C)C(c1nnnn1CC1CCCO1)N1CCN(Cc2ccc(Cl)cc2)CC1. The van der Waals surface area contributed by atoms with Crippen LogP contribution in [-0.4, -0.2) is 68.9 Å². The number of nitrogens with zero attached hydrogens (tertiary/aromatic N) is 6. The molecular weight excluding hydrogens is 388 g/mol. The Morgan fingerprint density at radius 3 is 2.55 bits per heavy atom. The molecule has 1 aromatic heterocycles. The predicted octanol–water partition coefficient (Wildman–Crippen LogP) is 3.02. The first-order valence-electron chi connectivity index (χ1n) is 10.7. The van der Waals surface area contributed by atoms with Crippen molar-refractivity contribution in [2.75, 3.05) is 32.8 Å². The minimum atomic E-state index is 0.226. The lowest BCUT2D eigenvalue weighted by Crippen LogP contribution is -2.48. The molecular formula is C21H31ClN6O. The first kappa shape index (κ1) is 20.7. The van der Waals surface area contributed by atoms with Crippen LogP contribution in [0.2, 0.25) is 5.02 Å².